The van der Waals surface area contributed by atoms with Gasteiger partial charge in [-0.25, -0.2) is 4.39 Å². The Hall–Kier alpha value is -0.890. The van der Waals surface area contributed by atoms with Gasteiger partial charge in [0.05, 0.1) is 0 Å². The van der Waals surface area contributed by atoms with Gasteiger partial charge < -0.3 is 5.32 Å². The lowest BCUT2D eigenvalue weighted by Gasteiger charge is -2.37. The van der Waals surface area contributed by atoms with Gasteiger partial charge in [-0.05, 0) is 73.9 Å². The molecule has 0 saturated heterocycles. The number of aryl methyl sites for hydroxylation is 2. The molecule has 0 amide bonds. The molecule has 1 unspecified atom stereocenters. The fourth-order valence-corrected chi connectivity index (χ4v) is 3.83. The molecule has 1 aromatic rings. The van der Waals surface area contributed by atoms with E-state index in [4.69, 9.17) is 0 Å². The highest BCUT2D eigenvalue weighted by Crippen LogP contribution is 2.48. The first-order chi connectivity index (χ1) is 9.48. The summed E-state index contributed by atoms with van der Waals surface area (Å²) in [5, 5.41) is 3.75. The maximum absolute atomic E-state index is 13.6. The first-order valence-electron chi connectivity index (χ1n) is 7.98. The Morgan fingerprint density at radius 2 is 1.75 bits per heavy atom. The average molecular weight is 277 g/mol. The van der Waals surface area contributed by atoms with Crippen LogP contribution in [0.4, 0.5) is 4.39 Å². The molecule has 2 heteroatoms. The van der Waals surface area contributed by atoms with Gasteiger partial charge in [-0.15, -0.1) is 0 Å². The Kier molecular flexibility index (Phi) is 4.85. The zero-order chi connectivity index (χ0) is 14.8. The molecule has 1 aliphatic rings. The molecule has 0 spiro atoms. The van der Waals surface area contributed by atoms with Crippen LogP contribution in [0.2, 0.25) is 0 Å². The molecular formula is C18H28FN. The average Bonchev–Trinajstić information content (AvgIpc) is 2.80. The quantitative estimate of drug-likeness (QED) is 0.793. The van der Waals surface area contributed by atoms with Gasteiger partial charge in [0.15, 0.2) is 0 Å². The monoisotopic (exact) mass is 277 g/mol. The van der Waals surface area contributed by atoms with E-state index in [1.165, 1.54) is 31.2 Å². The van der Waals surface area contributed by atoms with Crippen LogP contribution in [0.15, 0.2) is 12.1 Å². The summed E-state index contributed by atoms with van der Waals surface area (Å²) in [7, 11) is 0. The lowest BCUT2D eigenvalue weighted by Crippen LogP contribution is -2.36. The third-order valence-corrected chi connectivity index (χ3v) is 4.89. The predicted molar refractivity (Wildman–Crippen MR) is 83.5 cm³/mol. The van der Waals surface area contributed by atoms with Gasteiger partial charge >= 0.3 is 0 Å². The van der Waals surface area contributed by atoms with E-state index in [0.29, 0.717) is 11.5 Å². The van der Waals surface area contributed by atoms with E-state index in [-0.39, 0.29) is 5.82 Å². The summed E-state index contributed by atoms with van der Waals surface area (Å²) in [6.45, 7) is 9.71. The summed E-state index contributed by atoms with van der Waals surface area (Å²) in [6, 6.07) is 3.72. The second-order valence-corrected chi connectivity index (χ2v) is 6.70. The Balaban J connectivity index is 2.41. The molecule has 1 atom stereocenters. The smallest absolute Gasteiger partial charge is 0.123 e. The first kappa shape index (κ1) is 15.5. The van der Waals surface area contributed by atoms with E-state index in [9.17, 15) is 4.39 Å². The van der Waals surface area contributed by atoms with Crippen molar-refractivity contribution in [1.29, 1.82) is 0 Å². The molecule has 1 saturated carbocycles. The largest absolute Gasteiger partial charge is 0.309 e. The van der Waals surface area contributed by atoms with Crippen LogP contribution in [-0.4, -0.2) is 6.54 Å². The van der Waals surface area contributed by atoms with Crippen LogP contribution in [0, 0.1) is 25.1 Å². The van der Waals surface area contributed by atoms with E-state index >= 15 is 0 Å². The number of rotatable bonds is 5. The van der Waals surface area contributed by atoms with Crippen molar-refractivity contribution in [2.24, 2.45) is 5.41 Å². The van der Waals surface area contributed by atoms with Gasteiger partial charge in [0.25, 0.3) is 0 Å². The summed E-state index contributed by atoms with van der Waals surface area (Å²) in [5.41, 5.74) is 3.81. The number of nitrogens with one attached hydrogen (secondary N) is 1. The van der Waals surface area contributed by atoms with Gasteiger partial charge in [-0.2, -0.15) is 0 Å². The molecular weight excluding hydrogens is 249 g/mol. The minimum absolute atomic E-state index is 0.116. The number of halogens is 1. The highest BCUT2D eigenvalue weighted by molar-refractivity contribution is 5.38. The molecule has 0 aliphatic heterocycles. The summed E-state index contributed by atoms with van der Waals surface area (Å²) >= 11 is 0. The van der Waals surface area contributed by atoms with Crippen LogP contribution < -0.4 is 5.32 Å². The van der Waals surface area contributed by atoms with E-state index in [0.717, 1.165) is 24.1 Å². The Bertz CT molecular complexity index is 437. The topological polar surface area (TPSA) is 12.0 Å². The summed E-state index contributed by atoms with van der Waals surface area (Å²) in [5.74, 6) is -0.116. The molecule has 1 nitrogen and oxygen atoms in total. The summed E-state index contributed by atoms with van der Waals surface area (Å²) < 4.78 is 13.6. The Morgan fingerprint density at radius 1 is 1.20 bits per heavy atom. The van der Waals surface area contributed by atoms with E-state index in [2.05, 4.69) is 19.2 Å². The van der Waals surface area contributed by atoms with Crippen LogP contribution in [0.5, 0.6) is 0 Å². The molecule has 1 aromatic carbocycles. The molecule has 1 N–H and O–H groups in total. The molecule has 0 radical (unpaired) electrons. The zero-order valence-corrected chi connectivity index (χ0v) is 13.4. The van der Waals surface area contributed by atoms with Crippen molar-refractivity contribution in [3.8, 4) is 0 Å². The van der Waals surface area contributed by atoms with Gasteiger partial charge in [-0.3, -0.25) is 0 Å². The molecule has 1 fully saturated rings. The Labute approximate surface area is 123 Å². The second-order valence-electron chi connectivity index (χ2n) is 6.70. The Morgan fingerprint density at radius 3 is 2.25 bits per heavy atom. The van der Waals surface area contributed by atoms with E-state index in [1.54, 1.807) is 12.1 Å². The van der Waals surface area contributed by atoms with Crippen LogP contribution in [0.3, 0.4) is 0 Å². The van der Waals surface area contributed by atoms with Crippen molar-refractivity contribution in [3.63, 3.8) is 0 Å². The highest BCUT2D eigenvalue weighted by atomic mass is 19.1. The maximum Gasteiger partial charge on any atom is 0.123 e. The van der Waals surface area contributed by atoms with Gasteiger partial charge in [-0.1, -0.05) is 26.7 Å². The molecule has 0 aromatic heterocycles. The minimum Gasteiger partial charge on any atom is -0.309 e. The maximum atomic E-state index is 13.6. The molecule has 0 heterocycles. The third-order valence-electron chi connectivity index (χ3n) is 4.89. The van der Waals surface area contributed by atoms with Crippen molar-refractivity contribution in [1.82, 2.24) is 5.32 Å². The number of benzene rings is 1. The number of hydrogen-bond acceptors (Lipinski definition) is 1. The van der Waals surface area contributed by atoms with Crippen molar-refractivity contribution in [2.45, 2.75) is 65.8 Å². The van der Waals surface area contributed by atoms with Gasteiger partial charge in [0.2, 0.25) is 0 Å². The third kappa shape index (κ3) is 3.06. The van der Waals surface area contributed by atoms with Crippen molar-refractivity contribution >= 4 is 0 Å². The van der Waals surface area contributed by atoms with Crippen molar-refractivity contribution in [3.05, 3.63) is 34.6 Å². The molecule has 112 valence electrons. The van der Waals surface area contributed by atoms with Crippen LogP contribution >= 0.6 is 0 Å². The van der Waals surface area contributed by atoms with Gasteiger partial charge in [0, 0.05) is 6.04 Å². The normalized spacial score (nSPS) is 19.2. The summed E-state index contributed by atoms with van der Waals surface area (Å²) in [4.78, 5) is 0. The van der Waals surface area contributed by atoms with Crippen molar-refractivity contribution in [2.75, 3.05) is 6.54 Å². The highest BCUT2D eigenvalue weighted by Gasteiger charge is 2.38. The van der Waals surface area contributed by atoms with Crippen LogP contribution in [0.1, 0.15) is 68.7 Å². The second kappa shape index (κ2) is 6.26. The van der Waals surface area contributed by atoms with E-state index < -0.39 is 0 Å². The molecule has 0 bridgehead atoms. The fraction of sp³-hybridized carbons (Fsp3) is 0.667. The predicted octanol–water partition coefficient (Wildman–Crippen LogP) is 5.06. The van der Waals surface area contributed by atoms with Crippen LogP contribution in [-0.2, 0) is 0 Å². The number of hydrogen-bond donors (Lipinski definition) is 1. The lowest BCUT2D eigenvalue weighted by atomic mass is 9.75. The van der Waals surface area contributed by atoms with E-state index in [1.807, 2.05) is 13.8 Å². The molecule has 20 heavy (non-hydrogen) atoms. The SMILES string of the molecule is CCCNC(c1c(C)cc(F)cc1C)C1(C)CCCC1. The zero-order valence-electron chi connectivity index (χ0n) is 13.4. The fourth-order valence-electron chi connectivity index (χ4n) is 3.83. The van der Waals surface area contributed by atoms with Crippen molar-refractivity contribution < 1.29 is 4.39 Å². The lowest BCUT2D eigenvalue weighted by molar-refractivity contribution is 0.222. The van der Waals surface area contributed by atoms with Gasteiger partial charge in [0.1, 0.15) is 5.82 Å². The minimum atomic E-state index is -0.116. The molecule has 1 aliphatic carbocycles. The summed E-state index contributed by atoms with van der Waals surface area (Å²) in [6.07, 6.45) is 6.31. The molecule has 2 rings (SSSR count). The van der Waals surface area contributed by atoms with Crippen LogP contribution in [0.25, 0.3) is 0 Å². The standard InChI is InChI=1S/C18H28FN/c1-5-10-20-17(18(4)8-6-7-9-18)16-13(2)11-15(19)12-14(16)3/h11-12,17,20H,5-10H2,1-4H3. The first-order valence-corrected chi connectivity index (χ1v) is 7.98.